The summed E-state index contributed by atoms with van der Waals surface area (Å²) >= 11 is 11.1. The number of nitrogens with zero attached hydrogens (tertiary/aromatic N) is 1. The zero-order valence-corrected chi connectivity index (χ0v) is 5.72. The summed E-state index contributed by atoms with van der Waals surface area (Å²) in [6.45, 7) is -2.53. The van der Waals surface area contributed by atoms with Gasteiger partial charge in [0.1, 0.15) is 0 Å². The van der Waals surface area contributed by atoms with Crippen LogP contribution in [-0.2, 0) is 0 Å². The van der Waals surface area contributed by atoms with Crippen molar-refractivity contribution in [2.45, 2.75) is 6.85 Å². The Hall–Kier alpha value is -0.270. The molecule has 48 valence electrons. The number of aromatic nitrogens is 1. The van der Waals surface area contributed by atoms with Crippen molar-refractivity contribution in [2.24, 2.45) is 0 Å². The van der Waals surface area contributed by atoms with Gasteiger partial charge >= 0.3 is 0 Å². The molecular formula is C6H5Cl2N. The molecule has 0 radical (unpaired) electrons. The first-order valence-corrected chi connectivity index (χ1v) is 2.83. The first-order chi connectivity index (χ1) is 6.25. The SMILES string of the molecule is [2H]c1nc(C([2H])([2H])[2H])c(Cl)c([2H])c1Cl. The van der Waals surface area contributed by atoms with Gasteiger partial charge in [0.15, 0.2) is 0 Å². The third kappa shape index (κ3) is 1.57. The van der Waals surface area contributed by atoms with Crippen molar-refractivity contribution in [2.75, 3.05) is 0 Å². The lowest BCUT2D eigenvalue weighted by Gasteiger charge is -1.93. The highest BCUT2D eigenvalue weighted by Crippen LogP contribution is 2.16. The Morgan fingerprint density at radius 3 is 3.22 bits per heavy atom. The lowest BCUT2D eigenvalue weighted by Crippen LogP contribution is -1.79. The minimum absolute atomic E-state index is 0.247. The molecule has 0 atom stereocenters. The van der Waals surface area contributed by atoms with Gasteiger partial charge < -0.3 is 0 Å². The summed E-state index contributed by atoms with van der Waals surface area (Å²) in [4.78, 5) is 3.42. The van der Waals surface area contributed by atoms with Crippen molar-refractivity contribution in [1.29, 1.82) is 0 Å². The molecule has 0 saturated carbocycles. The average molecular weight is 167 g/mol. The molecule has 1 rings (SSSR count). The van der Waals surface area contributed by atoms with E-state index in [1.54, 1.807) is 0 Å². The first kappa shape index (κ1) is 2.77. The number of pyridine rings is 1. The van der Waals surface area contributed by atoms with Gasteiger partial charge in [-0.3, -0.25) is 4.98 Å². The maximum atomic E-state index is 7.33. The van der Waals surface area contributed by atoms with Gasteiger partial charge in [-0.05, 0) is 12.9 Å². The molecule has 0 aliphatic carbocycles. The monoisotopic (exact) mass is 166 g/mol. The van der Waals surface area contributed by atoms with E-state index in [1.807, 2.05) is 0 Å². The summed E-state index contributed by atoms with van der Waals surface area (Å²) in [7, 11) is 0. The van der Waals surface area contributed by atoms with Crippen LogP contribution in [0.2, 0.25) is 10.0 Å². The largest absolute Gasteiger partial charge is 0.258 e. The number of aryl methyl sites for hydroxylation is 1. The van der Waals surface area contributed by atoms with Crippen LogP contribution >= 0.6 is 23.2 Å². The summed E-state index contributed by atoms with van der Waals surface area (Å²) in [5.74, 6) is 0. The highest BCUT2D eigenvalue weighted by atomic mass is 35.5. The molecule has 9 heavy (non-hydrogen) atoms. The van der Waals surface area contributed by atoms with Gasteiger partial charge in [0.2, 0.25) is 0 Å². The second kappa shape index (κ2) is 2.54. The van der Waals surface area contributed by atoms with Gasteiger partial charge in [-0.25, -0.2) is 0 Å². The minimum atomic E-state index is -2.53. The Balaban J connectivity index is 3.49. The zero-order chi connectivity index (χ0) is 11.1. The molecule has 0 unspecified atom stereocenters. The summed E-state index contributed by atoms with van der Waals surface area (Å²) in [5.41, 5.74) is -0.460. The Bertz CT molecular complexity index is 375. The molecule has 0 bridgehead atoms. The van der Waals surface area contributed by atoms with Crippen LogP contribution in [0, 0.1) is 6.85 Å². The van der Waals surface area contributed by atoms with E-state index in [9.17, 15) is 0 Å². The van der Waals surface area contributed by atoms with Gasteiger partial charge in [-0.2, -0.15) is 0 Å². The molecule has 0 N–H and O–H groups in total. The van der Waals surface area contributed by atoms with E-state index in [0.29, 0.717) is 0 Å². The van der Waals surface area contributed by atoms with Crippen molar-refractivity contribution in [3.8, 4) is 0 Å². The molecule has 0 amide bonds. The predicted molar refractivity (Wildman–Crippen MR) is 39.0 cm³/mol. The molecule has 0 aromatic carbocycles. The molecule has 0 saturated heterocycles. The molecule has 0 fully saturated rings. The zero-order valence-electron chi connectivity index (χ0n) is 9.20. The van der Waals surface area contributed by atoms with Crippen LogP contribution in [0.4, 0.5) is 0 Å². The number of hydrogen-bond acceptors (Lipinski definition) is 1. The maximum absolute atomic E-state index is 7.33. The summed E-state index contributed by atoms with van der Waals surface area (Å²) in [6.07, 6.45) is -0.452. The van der Waals surface area contributed by atoms with Crippen LogP contribution in [-0.4, -0.2) is 4.98 Å². The fraction of sp³-hybridized carbons (Fsp3) is 0.167. The Kier molecular flexibility index (Phi) is 0.782. The van der Waals surface area contributed by atoms with Crippen molar-refractivity contribution >= 4 is 23.2 Å². The first-order valence-electron chi connectivity index (χ1n) is 4.58. The summed E-state index contributed by atoms with van der Waals surface area (Å²) in [5, 5.41) is -0.575. The quantitative estimate of drug-likeness (QED) is 0.578. The van der Waals surface area contributed by atoms with Gasteiger partial charge in [-0.15, -0.1) is 0 Å². The third-order valence-corrected chi connectivity index (χ3v) is 1.15. The van der Waals surface area contributed by atoms with E-state index >= 15 is 0 Å². The van der Waals surface area contributed by atoms with Crippen molar-refractivity contribution in [3.05, 3.63) is 28.0 Å². The molecule has 0 aliphatic heterocycles. The van der Waals surface area contributed by atoms with Gasteiger partial charge in [0.05, 0.1) is 18.5 Å². The van der Waals surface area contributed by atoms with E-state index in [-0.39, 0.29) is 16.1 Å². The number of hydrogen-bond donors (Lipinski definition) is 0. The van der Waals surface area contributed by atoms with E-state index in [0.717, 1.165) is 0 Å². The molecule has 3 heteroatoms. The minimum Gasteiger partial charge on any atom is -0.258 e. The van der Waals surface area contributed by atoms with E-state index in [1.165, 1.54) is 0 Å². The summed E-state index contributed by atoms with van der Waals surface area (Å²) < 4.78 is 35.7. The van der Waals surface area contributed by atoms with Crippen LogP contribution in [0.5, 0.6) is 0 Å². The van der Waals surface area contributed by atoms with E-state index in [4.69, 9.17) is 30.1 Å². The maximum Gasteiger partial charge on any atom is 0.0856 e. The fourth-order valence-electron chi connectivity index (χ4n) is 0.338. The van der Waals surface area contributed by atoms with Crippen LogP contribution in [0.1, 0.15) is 12.5 Å². The van der Waals surface area contributed by atoms with Gasteiger partial charge in [0, 0.05) is 10.3 Å². The van der Waals surface area contributed by atoms with E-state index < -0.39 is 18.7 Å². The smallest absolute Gasteiger partial charge is 0.0856 e. The van der Waals surface area contributed by atoms with Crippen molar-refractivity contribution < 1.29 is 6.85 Å². The second-order valence-corrected chi connectivity index (χ2v) is 2.08. The molecule has 1 aromatic heterocycles. The van der Waals surface area contributed by atoms with Crippen LogP contribution in [0.3, 0.4) is 0 Å². The highest BCUT2D eigenvalue weighted by molar-refractivity contribution is 6.34. The predicted octanol–water partition coefficient (Wildman–Crippen LogP) is 2.70. The van der Waals surface area contributed by atoms with Crippen molar-refractivity contribution in [3.63, 3.8) is 0 Å². The van der Waals surface area contributed by atoms with Crippen LogP contribution in [0.25, 0.3) is 0 Å². The number of halogens is 2. The van der Waals surface area contributed by atoms with Gasteiger partial charge in [-0.1, -0.05) is 23.2 Å². The van der Waals surface area contributed by atoms with Gasteiger partial charge in [0.25, 0.3) is 0 Å². The molecule has 1 aromatic rings. The fourth-order valence-corrected chi connectivity index (χ4v) is 0.659. The molecule has 1 nitrogen and oxygen atoms in total. The van der Waals surface area contributed by atoms with Crippen LogP contribution < -0.4 is 0 Å². The second-order valence-electron chi connectivity index (χ2n) is 1.33. The molecular weight excluding hydrogens is 157 g/mol. The van der Waals surface area contributed by atoms with Crippen LogP contribution in [0.15, 0.2) is 12.2 Å². The normalized spacial score (nSPS) is 19.1. The standard InChI is InChI=1S/C6H5Cl2N/c1-4-6(8)2-5(7)3-9-4/h2-3H,1H3/i1D3,2D,3D. The molecule has 0 spiro atoms. The summed E-state index contributed by atoms with van der Waals surface area (Å²) in [6, 6.07) is -0.376. The third-order valence-electron chi connectivity index (χ3n) is 0.693. The highest BCUT2D eigenvalue weighted by Gasteiger charge is 1.94. The lowest BCUT2D eigenvalue weighted by atomic mass is 10.4. The number of rotatable bonds is 0. The Morgan fingerprint density at radius 1 is 1.78 bits per heavy atom. The molecule has 1 heterocycles. The Morgan fingerprint density at radius 2 is 2.56 bits per heavy atom. The Labute approximate surface area is 70.6 Å². The van der Waals surface area contributed by atoms with Crippen molar-refractivity contribution in [1.82, 2.24) is 4.98 Å². The topological polar surface area (TPSA) is 12.9 Å². The lowest BCUT2D eigenvalue weighted by molar-refractivity contribution is 1.20. The molecule has 0 aliphatic rings. The van der Waals surface area contributed by atoms with E-state index in [2.05, 4.69) is 4.98 Å². The average Bonchev–Trinajstić information content (AvgIpc) is 2.06.